The molecule has 0 amide bonds. The van der Waals surface area contributed by atoms with E-state index >= 15 is 0 Å². The molecular formula is C21H20N4O2S. The Hall–Kier alpha value is -2.80. The van der Waals surface area contributed by atoms with E-state index < -0.39 is 0 Å². The molecule has 2 aromatic carbocycles. The Kier molecular flexibility index (Phi) is 3.94. The summed E-state index contributed by atoms with van der Waals surface area (Å²) in [5.74, 6) is 3.30. The van der Waals surface area contributed by atoms with Gasteiger partial charge < -0.3 is 10.1 Å². The molecule has 5 rings (SSSR count). The summed E-state index contributed by atoms with van der Waals surface area (Å²) in [6, 6.07) is 13.4. The van der Waals surface area contributed by atoms with Gasteiger partial charge in [0.15, 0.2) is 11.5 Å². The minimum Gasteiger partial charge on any atom is -0.497 e. The van der Waals surface area contributed by atoms with Crippen molar-refractivity contribution in [2.75, 3.05) is 23.9 Å². The molecule has 28 heavy (non-hydrogen) atoms. The van der Waals surface area contributed by atoms with Crippen molar-refractivity contribution in [3.63, 3.8) is 0 Å². The zero-order valence-corrected chi connectivity index (χ0v) is 16.5. The number of para-hydroxylation sites is 1. The first-order chi connectivity index (χ1) is 13.6. The standard InChI is InChI=1S/C21H20N4O2S/c1-13-4-3-5-16-17(13)23-21(10-11-28-12-21)25-19(16)22-20(26)18(24-25)14-6-8-15(27-2)9-7-14/h3-9,23H,10-12H2,1-2H3/t21-/m0/s1. The van der Waals surface area contributed by atoms with Gasteiger partial charge in [0.1, 0.15) is 11.4 Å². The van der Waals surface area contributed by atoms with Gasteiger partial charge in [-0.1, -0.05) is 12.1 Å². The Balaban J connectivity index is 1.75. The lowest BCUT2D eigenvalue weighted by atomic mass is 9.99. The zero-order chi connectivity index (χ0) is 19.3. The van der Waals surface area contributed by atoms with Gasteiger partial charge in [0, 0.05) is 29.0 Å². The molecule has 7 heteroatoms. The van der Waals surface area contributed by atoms with Crippen LogP contribution in [-0.2, 0) is 5.66 Å². The van der Waals surface area contributed by atoms with Crippen molar-refractivity contribution in [2.45, 2.75) is 19.0 Å². The quantitative estimate of drug-likeness (QED) is 0.720. The Morgan fingerprint density at radius 3 is 2.75 bits per heavy atom. The monoisotopic (exact) mass is 392 g/mol. The van der Waals surface area contributed by atoms with E-state index in [1.807, 2.05) is 52.8 Å². The molecule has 3 heterocycles. The smallest absolute Gasteiger partial charge is 0.300 e. The molecular weight excluding hydrogens is 372 g/mol. The van der Waals surface area contributed by atoms with Crippen LogP contribution in [0, 0.1) is 6.92 Å². The molecule has 6 nitrogen and oxygen atoms in total. The van der Waals surface area contributed by atoms with Crippen LogP contribution in [0.4, 0.5) is 5.69 Å². The summed E-state index contributed by atoms with van der Waals surface area (Å²) in [7, 11) is 1.62. The van der Waals surface area contributed by atoms with Crippen LogP contribution in [0.3, 0.4) is 0 Å². The fraction of sp³-hybridized carbons (Fsp3) is 0.286. The van der Waals surface area contributed by atoms with Gasteiger partial charge in [-0.25, -0.2) is 4.68 Å². The zero-order valence-electron chi connectivity index (χ0n) is 15.7. The second kappa shape index (κ2) is 6.38. The number of nitrogens with one attached hydrogen (secondary N) is 1. The molecule has 1 spiro atoms. The predicted octanol–water partition coefficient (Wildman–Crippen LogP) is 3.50. The van der Waals surface area contributed by atoms with E-state index in [0.29, 0.717) is 11.5 Å². The number of methoxy groups -OCH3 is 1. The predicted molar refractivity (Wildman–Crippen MR) is 112 cm³/mol. The van der Waals surface area contributed by atoms with Gasteiger partial charge in [0.25, 0.3) is 5.56 Å². The van der Waals surface area contributed by atoms with Gasteiger partial charge in [0.05, 0.1) is 7.11 Å². The summed E-state index contributed by atoms with van der Waals surface area (Å²) in [5.41, 5.74) is 3.55. The van der Waals surface area contributed by atoms with Crippen molar-refractivity contribution < 1.29 is 4.74 Å². The second-order valence-corrected chi connectivity index (χ2v) is 8.29. The Labute approximate surface area is 167 Å². The van der Waals surface area contributed by atoms with Crippen LogP contribution in [0.1, 0.15) is 12.0 Å². The van der Waals surface area contributed by atoms with Crippen LogP contribution in [0.5, 0.6) is 5.75 Å². The topological polar surface area (TPSA) is 69.0 Å². The number of thioether (sulfide) groups is 1. The molecule has 2 aliphatic heterocycles. The maximum atomic E-state index is 12.9. The average molecular weight is 392 g/mol. The molecule has 1 atom stereocenters. The van der Waals surface area contributed by atoms with E-state index in [1.165, 1.54) is 0 Å². The normalized spacial score (nSPS) is 19.8. The molecule has 1 N–H and O–H groups in total. The molecule has 1 saturated heterocycles. The van der Waals surface area contributed by atoms with Gasteiger partial charge in [-0.15, -0.1) is 0 Å². The maximum absolute atomic E-state index is 12.9. The van der Waals surface area contributed by atoms with Crippen LogP contribution in [0.2, 0.25) is 0 Å². The van der Waals surface area contributed by atoms with E-state index in [1.54, 1.807) is 7.11 Å². The fourth-order valence-electron chi connectivity index (χ4n) is 3.91. The highest BCUT2D eigenvalue weighted by atomic mass is 32.2. The number of fused-ring (bicyclic) bond motifs is 4. The summed E-state index contributed by atoms with van der Waals surface area (Å²) in [4.78, 5) is 17.4. The van der Waals surface area contributed by atoms with Crippen LogP contribution in [0.25, 0.3) is 22.6 Å². The van der Waals surface area contributed by atoms with Gasteiger partial charge in [-0.05, 0) is 48.6 Å². The summed E-state index contributed by atoms with van der Waals surface area (Å²) >= 11 is 1.89. The first-order valence-corrected chi connectivity index (χ1v) is 10.4. The lowest BCUT2D eigenvalue weighted by molar-refractivity contribution is 0.332. The number of nitrogens with zero attached hydrogens (tertiary/aromatic N) is 3. The lowest BCUT2D eigenvalue weighted by Gasteiger charge is -2.39. The minimum absolute atomic E-state index is 0.313. The minimum atomic E-state index is -0.360. The van der Waals surface area contributed by atoms with Gasteiger partial charge in [-0.3, -0.25) is 4.79 Å². The van der Waals surface area contributed by atoms with Crippen LogP contribution >= 0.6 is 11.8 Å². The largest absolute Gasteiger partial charge is 0.497 e. The van der Waals surface area contributed by atoms with Gasteiger partial charge in [0.2, 0.25) is 0 Å². The molecule has 0 bridgehead atoms. The lowest BCUT2D eigenvalue weighted by Crippen LogP contribution is -2.48. The third-order valence-corrected chi connectivity index (χ3v) is 6.63. The molecule has 142 valence electrons. The van der Waals surface area contributed by atoms with Crippen molar-refractivity contribution in [2.24, 2.45) is 0 Å². The van der Waals surface area contributed by atoms with E-state index in [2.05, 4.69) is 23.3 Å². The Bertz CT molecular complexity index is 1120. The highest BCUT2D eigenvalue weighted by Crippen LogP contribution is 2.44. The molecule has 1 fully saturated rings. The van der Waals surface area contributed by atoms with Crippen molar-refractivity contribution in [1.82, 2.24) is 14.8 Å². The first-order valence-electron chi connectivity index (χ1n) is 9.23. The molecule has 0 radical (unpaired) electrons. The van der Waals surface area contributed by atoms with Gasteiger partial charge in [-0.2, -0.15) is 21.8 Å². The highest BCUT2D eigenvalue weighted by molar-refractivity contribution is 7.99. The van der Waals surface area contributed by atoms with Crippen LogP contribution in [-0.4, -0.2) is 33.4 Å². The summed E-state index contributed by atoms with van der Waals surface area (Å²) in [6.07, 6.45) is 0.929. The second-order valence-electron chi connectivity index (χ2n) is 7.19. The van der Waals surface area contributed by atoms with Gasteiger partial charge >= 0.3 is 0 Å². The average Bonchev–Trinajstić information content (AvgIpc) is 3.18. The van der Waals surface area contributed by atoms with E-state index in [9.17, 15) is 4.79 Å². The molecule has 1 aromatic heterocycles. The highest BCUT2D eigenvalue weighted by Gasteiger charge is 2.43. The Morgan fingerprint density at radius 2 is 2.04 bits per heavy atom. The maximum Gasteiger partial charge on any atom is 0.300 e. The number of hydrogen-bond acceptors (Lipinski definition) is 6. The van der Waals surface area contributed by atoms with Crippen molar-refractivity contribution >= 4 is 17.4 Å². The first kappa shape index (κ1) is 17.3. The number of aromatic nitrogens is 3. The number of aryl methyl sites for hydroxylation is 1. The van der Waals surface area contributed by atoms with Crippen molar-refractivity contribution in [3.05, 3.63) is 58.4 Å². The van der Waals surface area contributed by atoms with Crippen molar-refractivity contribution in [1.29, 1.82) is 0 Å². The summed E-state index contributed by atoms with van der Waals surface area (Å²) < 4.78 is 7.16. The number of hydrogen-bond donors (Lipinski definition) is 1. The van der Waals surface area contributed by atoms with E-state index in [4.69, 9.17) is 9.84 Å². The summed E-state index contributed by atoms with van der Waals surface area (Å²) in [5, 5.41) is 8.56. The third-order valence-electron chi connectivity index (χ3n) is 5.45. The number of benzene rings is 2. The molecule has 0 unspecified atom stereocenters. The SMILES string of the molecule is COc1ccc(-c2nn3c(nc2=O)-c2cccc(C)c2N[C@@]32CCSC2)cc1. The molecule has 2 aliphatic rings. The van der Waals surface area contributed by atoms with E-state index in [0.717, 1.165) is 46.1 Å². The van der Waals surface area contributed by atoms with Crippen LogP contribution in [0.15, 0.2) is 47.3 Å². The molecule has 3 aromatic rings. The number of anilines is 1. The molecule has 0 saturated carbocycles. The van der Waals surface area contributed by atoms with Crippen molar-refractivity contribution in [3.8, 4) is 28.4 Å². The third kappa shape index (κ3) is 2.53. The van der Waals surface area contributed by atoms with E-state index in [-0.39, 0.29) is 11.2 Å². The van der Waals surface area contributed by atoms with Crippen LogP contribution < -0.4 is 15.6 Å². The number of rotatable bonds is 2. The summed E-state index contributed by atoms with van der Waals surface area (Å²) in [6.45, 7) is 2.08. The fourth-order valence-corrected chi connectivity index (χ4v) is 5.22. The number of ether oxygens (including phenoxy) is 1. The Morgan fingerprint density at radius 1 is 1.21 bits per heavy atom. The molecule has 0 aliphatic carbocycles.